The van der Waals surface area contributed by atoms with Crippen molar-refractivity contribution in [2.45, 2.75) is 20.0 Å². The second-order valence-electron chi connectivity index (χ2n) is 5.89. The molecule has 0 saturated heterocycles. The van der Waals surface area contributed by atoms with Gasteiger partial charge < -0.3 is 9.15 Å². The summed E-state index contributed by atoms with van der Waals surface area (Å²) < 4.78 is 11.0. The van der Waals surface area contributed by atoms with Crippen molar-refractivity contribution in [3.63, 3.8) is 0 Å². The lowest BCUT2D eigenvalue weighted by molar-refractivity contribution is 0.282. The van der Waals surface area contributed by atoms with Crippen LogP contribution in [-0.4, -0.2) is 29.3 Å². The van der Waals surface area contributed by atoms with Crippen LogP contribution in [-0.2, 0) is 13.1 Å². The molecular formula is C19H21N3O2. The molecular weight excluding hydrogens is 302 g/mol. The maximum Gasteiger partial charge on any atom is 0.247 e. The number of aryl methyl sites for hydroxylation is 1. The third-order valence-electron chi connectivity index (χ3n) is 3.75. The minimum absolute atomic E-state index is 0.562. The van der Waals surface area contributed by atoms with E-state index in [9.17, 15) is 0 Å². The maximum absolute atomic E-state index is 5.79. The van der Waals surface area contributed by atoms with Crippen LogP contribution < -0.4 is 4.74 Å². The van der Waals surface area contributed by atoms with E-state index < -0.39 is 0 Å². The summed E-state index contributed by atoms with van der Waals surface area (Å²) in [6.45, 7) is 3.44. The molecule has 0 spiro atoms. The Labute approximate surface area is 141 Å². The number of methoxy groups -OCH3 is 1. The highest BCUT2D eigenvalue weighted by Crippen LogP contribution is 2.19. The van der Waals surface area contributed by atoms with Gasteiger partial charge in [-0.15, -0.1) is 10.2 Å². The van der Waals surface area contributed by atoms with E-state index in [-0.39, 0.29) is 0 Å². The van der Waals surface area contributed by atoms with E-state index in [1.165, 1.54) is 11.1 Å². The van der Waals surface area contributed by atoms with Crippen molar-refractivity contribution in [1.82, 2.24) is 15.1 Å². The molecule has 0 aliphatic carbocycles. The Hall–Kier alpha value is -2.66. The quantitative estimate of drug-likeness (QED) is 0.692. The highest BCUT2D eigenvalue weighted by atomic mass is 16.5. The highest BCUT2D eigenvalue weighted by Gasteiger charge is 2.11. The van der Waals surface area contributed by atoms with Crippen LogP contribution in [0.1, 0.15) is 17.0 Å². The van der Waals surface area contributed by atoms with Gasteiger partial charge in [-0.2, -0.15) is 0 Å². The molecule has 3 rings (SSSR count). The molecule has 3 aromatic rings. The maximum atomic E-state index is 5.79. The third kappa shape index (κ3) is 4.00. The number of benzene rings is 2. The van der Waals surface area contributed by atoms with Gasteiger partial charge in [0.2, 0.25) is 11.8 Å². The second-order valence-corrected chi connectivity index (χ2v) is 5.89. The monoisotopic (exact) mass is 323 g/mol. The first-order valence-corrected chi connectivity index (χ1v) is 7.85. The van der Waals surface area contributed by atoms with E-state index in [2.05, 4.69) is 27.2 Å². The number of aromatic nitrogens is 2. The number of rotatable bonds is 6. The average molecular weight is 323 g/mol. The summed E-state index contributed by atoms with van der Waals surface area (Å²) in [7, 11) is 3.70. The summed E-state index contributed by atoms with van der Waals surface area (Å²) >= 11 is 0. The van der Waals surface area contributed by atoms with Crippen LogP contribution in [0.2, 0.25) is 0 Å². The molecule has 5 nitrogen and oxygen atoms in total. The van der Waals surface area contributed by atoms with Gasteiger partial charge in [0.25, 0.3) is 0 Å². The SMILES string of the molecule is COc1ccc(CN(C)Cc2nnc(-c3cccc(C)c3)o2)cc1. The first-order chi connectivity index (χ1) is 11.6. The highest BCUT2D eigenvalue weighted by molar-refractivity contribution is 5.53. The van der Waals surface area contributed by atoms with Gasteiger partial charge in [-0.25, -0.2) is 0 Å². The van der Waals surface area contributed by atoms with Gasteiger partial charge in [-0.05, 0) is 43.8 Å². The van der Waals surface area contributed by atoms with Crippen molar-refractivity contribution in [3.05, 3.63) is 65.5 Å². The molecule has 2 aromatic carbocycles. The molecule has 0 amide bonds. The molecule has 0 atom stereocenters. The van der Waals surface area contributed by atoms with Crippen molar-refractivity contribution in [2.75, 3.05) is 14.2 Å². The Kier molecular flexibility index (Phi) is 4.91. The molecule has 0 unspecified atom stereocenters. The standard InChI is InChI=1S/C19H21N3O2/c1-14-5-4-6-16(11-14)19-21-20-18(24-19)13-22(2)12-15-7-9-17(23-3)10-8-15/h4-11H,12-13H2,1-3H3. The predicted molar refractivity (Wildman–Crippen MR) is 92.6 cm³/mol. The molecule has 0 saturated carbocycles. The Bertz CT molecular complexity index is 796. The molecule has 0 fully saturated rings. The third-order valence-corrected chi connectivity index (χ3v) is 3.75. The minimum Gasteiger partial charge on any atom is -0.497 e. The van der Waals surface area contributed by atoms with Gasteiger partial charge in [0.05, 0.1) is 13.7 Å². The summed E-state index contributed by atoms with van der Waals surface area (Å²) in [5, 5.41) is 8.30. The minimum atomic E-state index is 0.562. The van der Waals surface area contributed by atoms with E-state index in [0.29, 0.717) is 18.3 Å². The Balaban J connectivity index is 1.63. The lowest BCUT2D eigenvalue weighted by Crippen LogP contribution is -2.17. The van der Waals surface area contributed by atoms with Crippen molar-refractivity contribution < 1.29 is 9.15 Å². The van der Waals surface area contributed by atoms with Crippen LogP contribution in [0.3, 0.4) is 0 Å². The number of nitrogens with zero attached hydrogens (tertiary/aromatic N) is 3. The van der Waals surface area contributed by atoms with E-state index in [1.807, 2.05) is 50.4 Å². The smallest absolute Gasteiger partial charge is 0.247 e. The lowest BCUT2D eigenvalue weighted by Gasteiger charge is -2.14. The Morgan fingerprint density at radius 2 is 1.83 bits per heavy atom. The van der Waals surface area contributed by atoms with E-state index in [4.69, 9.17) is 9.15 Å². The fourth-order valence-electron chi connectivity index (χ4n) is 2.54. The van der Waals surface area contributed by atoms with Crippen LogP contribution in [0.4, 0.5) is 0 Å². The van der Waals surface area contributed by atoms with Crippen molar-refractivity contribution >= 4 is 0 Å². The average Bonchev–Trinajstić information content (AvgIpc) is 3.04. The van der Waals surface area contributed by atoms with Crippen molar-refractivity contribution in [2.24, 2.45) is 0 Å². The molecule has 1 heterocycles. The van der Waals surface area contributed by atoms with Crippen LogP contribution in [0.25, 0.3) is 11.5 Å². The summed E-state index contributed by atoms with van der Waals surface area (Å²) in [4.78, 5) is 2.13. The van der Waals surface area contributed by atoms with E-state index >= 15 is 0 Å². The normalized spacial score (nSPS) is 11.0. The second kappa shape index (κ2) is 7.27. The summed E-state index contributed by atoms with van der Waals surface area (Å²) in [6, 6.07) is 16.1. The lowest BCUT2D eigenvalue weighted by atomic mass is 10.1. The van der Waals surface area contributed by atoms with Gasteiger partial charge in [-0.3, -0.25) is 4.90 Å². The van der Waals surface area contributed by atoms with Crippen LogP contribution >= 0.6 is 0 Å². The number of hydrogen-bond donors (Lipinski definition) is 0. The number of ether oxygens (including phenoxy) is 1. The van der Waals surface area contributed by atoms with Gasteiger partial charge in [0.15, 0.2) is 0 Å². The van der Waals surface area contributed by atoms with Crippen molar-refractivity contribution in [1.29, 1.82) is 0 Å². The van der Waals surface area contributed by atoms with Crippen LogP contribution in [0.15, 0.2) is 52.9 Å². The van der Waals surface area contributed by atoms with Gasteiger partial charge in [-0.1, -0.05) is 29.8 Å². The summed E-state index contributed by atoms with van der Waals surface area (Å²) in [5.74, 6) is 2.04. The zero-order chi connectivity index (χ0) is 16.9. The summed E-state index contributed by atoms with van der Waals surface area (Å²) in [5.41, 5.74) is 3.33. The first kappa shape index (κ1) is 16.2. The molecule has 0 aliphatic heterocycles. The Morgan fingerprint density at radius 3 is 2.54 bits per heavy atom. The first-order valence-electron chi connectivity index (χ1n) is 7.85. The predicted octanol–water partition coefficient (Wildman–Crippen LogP) is 3.69. The van der Waals surface area contributed by atoms with Gasteiger partial charge >= 0.3 is 0 Å². The molecule has 0 aliphatic rings. The van der Waals surface area contributed by atoms with Gasteiger partial charge in [0.1, 0.15) is 5.75 Å². The van der Waals surface area contributed by atoms with E-state index in [0.717, 1.165) is 17.9 Å². The topological polar surface area (TPSA) is 51.4 Å². The zero-order valence-electron chi connectivity index (χ0n) is 14.2. The molecule has 0 radical (unpaired) electrons. The molecule has 1 aromatic heterocycles. The van der Waals surface area contributed by atoms with Crippen LogP contribution in [0, 0.1) is 6.92 Å². The zero-order valence-corrected chi connectivity index (χ0v) is 14.2. The van der Waals surface area contributed by atoms with E-state index in [1.54, 1.807) is 7.11 Å². The molecule has 0 N–H and O–H groups in total. The van der Waals surface area contributed by atoms with Gasteiger partial charge in [0, 0.05) is 12.1 Å². The molecule has 0 bridgehead atoms. The molecule has 5 heteroatoms. The number of hydrogen-bond acceptors (Lipinski definition) is 5. The Morgan fingerprint density at radius 1 is 1.04 bits per heavy atom. The fraction of sp³-hybridized carbons (Fsp3) is 0.263. The molecule has 124 valence electrons. The largest absolute Gasteiger partial charge is 0.497 e. The van der Waals surface area contributed by atoms with Crippen LogP contribution in [0.5, 0.6) is 5.75 Å². The summed E-state index contributed by atoms with van der Waals surface area (Å²) in [6.07, 6.45) is 0. The van der Waals surface area contributed by atoms with Crippen molar-refractivity contribution in [3.8, 4) is 17.2 Å². The molecule has 24 heavy (non-hydrogen) atoms. The fourth-order valence-corrected chi connectivity index (χ4v) is 2.54.